The summed E-state index contributed by atoms with van der Waals surface area (Å²) in [6.45, 7) is 2.01. The van der Waals surface area contributed by atoms with Crippen molar-refractivity contribution in [1.29, 1.82) is 0 Å². The van der Waals surface area contributed by atoms with Crippen LogP contribution in [-0.4, -0.2) is 15.4 Å². The van der Waals surface area contributed by atoms with Crippen LogP contribution in [0, 0.1) is 0 Å². The van der Waals surface area contributed by atoms with E-state index >= 15 is 0 Å². The maximum Gasteiger partial charge on any atom is 0.202 e. The van der Waals surface area contributed by atoms with Crippen molar-refractivity contribution in [3.63, 3.8) is 0 Å². The van der Waals surface area contributed by atoms with Crippen LogP contribution in [-0.2, 0) is 6.42 Å². The van der Waals surface area contributed by atoms with Crippen LogP contribution in [0.1, 0.15) is 60.8 Å². The number of Topliss-reactive ketones (excluding diaryl/α,β-unsaturated/α-hetero) is 1. The van der Waals surface area contributed by atoms with Crippen molar-refractivity contribution < 1.29 is 4.79 Å². The third-order valence-electron chi connectivity index (χ3n) is 3.18. The lowest BCUT2D eigenvalue weighted by Gasteiger charge is -2.09. The molecule has 17 heavy (non-hydrogen) atoms. The molecule has 0 amide bonds. The summed E-state index contributed by atoms with van der Waals surface area (Å²) < 4.78 is 3.89. The molecule has 0 bridgehead atoms. The van der Waals surface area contributed by atoms with Crippen LogP contribution in [0.15, 0.2) is 11.6 Å². The Morgan fingerprint density at radius 1 is 1.35 bits per heavy atom. The molecular formula is C13H18N2OS. The Kier molecular flexibility index (Phi) is 4.42. The molecule has 0 aromatic carbocycles. The van der Waals surface area contributed by atoms with Gasteiger partial charge in [-0.25, -0.2) is 0 Å². The topological polar surface area (TPSA) is 42.9 Å². The fraction of sp³-hybridized carbons (Fsp3) is 0.615. The minimum absolute atomic E-state index is 0.166. The molecular weight excluding hydrogens is 232 g/mol. The number of allylic oxidation sites excluding steroid dienone is 2. The summed E-state index contributed by atoms with van der Waals surface area (Å²) in [5.74, 6) is 0.166. The second-order valence-electron chi connectivity index (χ2n) is 4.41. The van der Waals surface area contributed by atoms with Gasteiger partial charge in [-0.05, 0) is 49.2 Å². The molecule has 1 aromatic heterocycles. The molecule has 0 saturated carbocycles. The molecule has 0 spiro atoms. The Morgan fingerprint density at radius 3 is 3.00 bits per heavy atom. The van der Waals surface area contributed by atoms with Crippen molar-refractivity contribution in [2.45, 2.75) is 51.9 Å². The summed E-state index contributed by atoms with van der Waals surface area (Å²) in [6.07, 6.45) is 9.73. The van der Waals surface area contributed by atoms with Crippen LogP contribution < -0.4 is 0 Å². The molecule has 4 heteroatoms. The second kappa shape index (κ2) is 6.05. The van der Waals surface area contributed by atoms with Crippen LogP contribution in [0.3, 0.4) is 0 Å². The predicted molar refractivity (Wildman–Crippen MR) is 69.4 cm³/mol. The van der Waals surface area contributed by atoms with Gasteiger partial charge < -0.3 is 0 Å². The number of rotatable bonds is 3. The highest BCUT2D eigenvalue weighted by Crippen LogP contribution is 2.23. The molecule has 0 fully saturated rings. The average Bonchev–Trinajstić information content (AvgIpc) is 2.75. The van der Waals surface area contributed by atoms with Crippen molar-refractivity contribution in [2.24, 2.45) is 0 Å². The van der Waals surface area contributed by atoms with E-state index in [-0.39, 0.29) is 5.78 Å². The number of hydrogen-bond donors (Lipinski definition) is 0. The Bertz CT molecular complexity index is 423. The van der Waals surface area contributed by atoms with E-state index in [0.29, 0.717) is 0 Å². The highest BCUT2D eigenvalue weighted by molar-refractivity contribution is 7.08. The second-order valence-corrected chi connectivity index (χ2v) is 5.17. The summed E-state index contributed by atoms with van der Waals surface area (Å²) in [5.41, 5.74) is 1.83. The van der Waals surface area contributed by atoms with Crippen molar-refractivity contribution in [3.05, 3.63) is 22.2 Å². The molecule has 3 nitrogen and oxygen atoms in total. The number of hydrogen-bond acceptors (Lipinski definition) is 4. The summed E-state index contributed by atoms with van der Waals surface area (Å²) in [6, 6.07) is 0. The Labute approximate surface area is 106 Å². The van der Waals surface area contributed by atoms with Gasteiger partial charge >= 0.3 is 0 Å². The lowest BCUT2D eigenvalue weighted by molar-refractivity contribution is 0.103. The van der Waals surface area contributed by atoms with E-state index in [1.165, 1.54) is 30.8 Å². The van der Waals surface area contributed by atoms with Crippen molar-refractivity contribution in [2.75, 3.05) is 0 Å². The number of carbonyl (C=O) groups is 1. The SMILES string of the molecule is CCc1nnsc1C(=O)C1=CCCCCCC1. The standard InChI is InChI=1S/C13H18N2OS/c1-2-11-13(17-15-14-11)12(16)10-8-6-4-3-5-7-9-10/h8H,2-7,9H2,1H3. The van der Waals surface area contributed by atoms with Gasteiger partial charge in [-0.1, -0.05) is 30.3 Å². The van der Waals surface area contributed by atoms with Gasteiger partial charge in [-0.15, -0.1) is 5.10 Å². The first-order chi connectivity index (χ1) is 8.33. The van der Waals surface area contributed by atoms with Crippen molar-refractivity contribution in [3.8, 4) is 0 Å². The molecule has 0 saturated heterocycles. The quantitative estimate of drug-likeness (QED) is 0.770. The third kappa shape index (κ3) is 3.00. The Morgan fingerprint density at radius 2 is 2.18 bits per heavy atom. The zero-order valence-electron chi connectivity index (χ0n) is 10.2. The number of ketones is 1. The van der Waals surface area contributed by atoms with Crippen LogP contribution in [0.2, 0.25) is 0 Å². The maximum absolute atomic E-state index is 12.4. The van der Waals surface area contributed by atoms with Gasteiger partial charge in [0, 0.05) is 0 Å². The molecule has 1 aliphatic carbocycles. The van der Waals surface area contributed by atoms with E-state index in [4.69, 9.17) is 0 Å². The molecule has 0 atom stereocenters. The fourth-order valence-corrected chi connectivity index (χ4v) is 2.88. The van der Waals surface area contributed by atoms with Crippen molar-refractivity contribution >= 4 is 17.3 Å². The number of aryl methyl sites for hydroxylation is 1. The van der Waals surface area contributed by atoms with E-state index in [2.05, 4.69) is 15.7 Å². The summed E-state index contributed by atoms with van der Waals surface area (Å²) >= 11 is 1.24. The zero-order chi connectivity index (χ0) is 12.1. The number of carbonyl (C=O) groups excluding carboxylic acids is 1. The van der Waals surface area contributed by atoms with Gasteiger partial charge in [-0.2, -0.15) is 0 Å². The van der Waals surface area contributed by atoms with Crippen LogP contribution in [0.25, 0.3) is 0 Å². The molecule has 2 rings (SSSR count). The normalized spacial score (nSPS) is 17.1. The lowest BCUT2D eigenvalue weighted by Crippen LogP contribution is -2.06. The first-order valence-electron chi connectivity index (χ1n) is 6.38. The average molecular weight is 250 g/mol. The van der Waals surface area contributed by atoms with Gasteiger partial charge in [0.15, 0.2) is 0 Å². The van der Waals surface area contributed by atoms with Crippen LogP contribution in [0.5, 0.6) is 0 Å². The highest BCUT2D eigenvalue weighted by atomic mass is 32.1. The first kappa shape index (κ1) is 12.4. The van der Waals surface area contributed by atoms with Crippen molar-refractivity contribution in [1.82, 2.24) is 9.59 Å². The number of aromatic nitrogens is 2. The van der Waals surface area contributed by atoms with Gasteiger partial charge in [0.05, 0.1) is 5.69 Å². The summed E-state index contributed by atoms with van der Waals surface area (Å²) in [7, 11) is 0. The lowest BCUT2D eigenvalue weighted by atomic mass is 9.96. The first-order valence-corrected chi connectivity index (χ1v) is 7.15. The minimum atomic E-state index is 0.166. The molecule has 0 radical (unpaired) electrons. The van der Waals surface area contributed by atoms with Crippen LogP contribution in [0.4, 0.5) is 0 Å². The van der Waals surface area contributed by atoms with Gasteiger partial charge in [0.2, 0.25) is 5.78 Å². The molecule has 92 valence electrons. The van der Waals surface area contributed by atoms with Gasteiger partial charge in [-0.3, -0.25) is 4.79 Å². The Hall–Kier alpha value is -1.03. The molecule has 0 N–H and O–H groups in total. The summed E-state index contributed by atoms with van der Waals surface area (Å²) in [4.78, 5) is 13.1. The largest absolute Gasteiger partial charge is 0.288 e. The third-order valence-corrected chi connectivity index (χ3v) is 3.95. The van der Waals surface area contributed by atoms with E-state index in [1.54, 1.807) is 0 Å². The molecule has 0 unspecified atom stereocenters. The molecule has 1 aromatic rings. The molecule has 1 aliphatic rings. The maximum atomic E-state index is 12.4. The highest BCUT2D eigenvalue weighted by Gasteiger charge is 2.19. The van der Waals surface area contributed by atoms with E-state index < -0.39 is 0 Å². The van der Waals surface area contributed by atoms with Crippen LogP contribution >= 0.6 is 11.5 Å². The van der Waals surface area contributed by atoms with Gasteiger partial charge in [0.25, 0.3) is 0 Å². The summed E-state index contributed by atoms with van der Waals surface area (Å²) in [5, 5.41) is 4.01. The minimum Gasteiger partial charge on any atom is -0.288 e. The Balaban J connectivity index is 2.18. The molecule has 0 aliphatic heterocycles. The fourth-order valence-electron chi connectivity index (χ4n) is 2.16. The monoisotopic (exact) mass is 250 g/mol. The molecule has 1 heterocycles. The predicted octanol–water partition coefficient (Wildman–Crippen LogP) is 3.56. The van der Waals surface area contributed by atoms with Gasteiger partial charge in [0.1, 0.15) is 4.88 Å². The van der Waals surface area contributed by atoms with E-state index in [1.807, 2.05) is 6.92 Å². The van der Waals surface area contributed by atoms with E-state index in [9.17, 15) is 4.79 Å². The van der Waals surface area contributed by atoms with E-state index in [0.717, 1.165) is 41.8 Å². The number of nitrogens with zero attached hydrogens (tertiary/aromatic N) is 2. The smallest absolute Gasteiger partial charge is 0.202 e. The zero-order valence-corrected chi connectivity index (χ0v) is 11.1.